The number of carbonyl (C=O) groups is 1. The van der Waals surface area contributed by atoms with Crippen molar-refractivity contribution in [3.8, 4) is 0 Å². The molecule has 0 saturated heterocycles. The molecule has 1 aliphatic carbocycles. The van der Waals surface area contributed by atoms with Gasteiger partial charge in [0.05, 0.1) is 12.2 Å². The number of ether oxygens (including phenoxy) is 1. The molecule has 1 N–H and O–H groups in total. The van der Waals surface area contributed by atoms with E-state index in [1.54, 1.807) is 6.07 Å². The van der Waals surface area contributed by atoms with E-state index in [0.29, 0.717) is 19.0 Å². The van der Waals surface area contributed by atoms with E-state index in [-0.39, 0.29) is 18.1 Å². The quantitative estimate of drug-likeness (QED) is 0.765. The lowest BCUT2D eigenvalue weighted by molar-refractivity contribution is -0.124. The number of methoxy groups -OCH3 is 1. The first kappa shape index (κ1) is 12.8. The zero-order chi connectivity index (χ0) is 13.0. The smallest absolute Gasteiger partial charge is 0.266 e. The number of rotatable bonds is 6. The highest BCUT2D eigenvalue weighted by molar-refractivity contribution is 5.77. The Hall–Kier alpha value is -1.69. The minimum atomic E-state index is -0.191. The van der Waals surface area contributed by atoms with E-state index in [9.17, 15) is 9.59 Å². The van der Waals surface area contributed by atoms with Gasteiger partial charge in [0.25, 0.3) is 5.56 Å². The summed E-state index contributed by atoms with van der Waals surface area (Å²) in [5, 5.41) is 6.96. The van der Waals surface area contributed by atoms with E-state index in [1.165, 1.54) is 17.9 Å². The molecule has 98 valence electrons. The number of nitrogens with one attached hydrogen (secondary N) is 1. The van der Waals surface area contributed by atoms with Crippen molar-refractivity contribution in [2.24, 2.45) is 0 Å². The predicted octanol–water partition coefficient (Wildman–Crippen LogP) is -0.117. The molecule has 1 amide bonds. The van der Waals surface area contributed by atoms with Crippen LogP contribution in [0.25, 0.3) is 0 Å². The first-order valence-corrected chi connectivity index (χ1v) is 6.04. The second-order valence-electron chi connectivity index (χ2n) is 4.38. The Bertz CT molecular complexity index is 480. The molecule has 18 heavy (non-hydrogen) atoms. The van der Waals surface area contributed by atoms with E-state index in [0.717, 1.165) is 18.5 Å². The summed E-state index contributed by atoms with van der Waals surface area (Å²) in [6, 6.07) is 3.33. The zero-order valence-electron chi connectivity index (χ0n) is 10.4. The van der Waals surface area contributed by atoms with E-state index < -0.39 is 0 Å². The fourth-order valence-electron chi connectivity index (χ4n) is 1.71. The largest absolute Gasteiger partial charge is 0.375 e. The van der Waals surface area contributed by atoms with Crippen LogP contribution in [0.4, 0.5) is 0 Å². The van der Waals surface area contributed by atoms with Crippen LogP contribution in [0.3, 0.4) is 0 Å². The van der Waals surface area contributed by atoms with Gasteiger partial charge >= 0.3 is 0 Å². The Balaban J connectivity index is 1.90. The van der Waals surface area contributed by atoms with Gasteiger partial charge in [0, 0.05) is 25.6 Å². The first-order chi connectivity index (χ1) is 8.70. The average Bonchev–Trinajstić information content (AvgIpc) is 3.16. The van der Waals surface area contributed by atoms with Crippen molar-refractivity contribution in [3.05, 3.63) is 28.2 Å². The number of carbonyl (C=O) groups excluding carboxylic acids is 1. The highest BCUT2D eigenvalue weighted by atomic mass is 16.5. The summed E-state index contributed by atoms with van der Waals surface area (Å²) in [6.45, 7) is 0.794. The van der Waals surface area contributed by atoms with Gasteiger partial charge in [0.1, 0.15) is 6.61 Å². The molecule has 1 saturated carbocycles. The summed E-state index contributed by atoms with van der Waals surface area (Å²) in [5.41, 5.74) is 0.832. The van der Waals surface area contributed by atoms with Crippen molar-refractivity contribution < 1.29 is 9.53 Å². The third-order valence-corrected chi connectivity index (χ3v) is 2.80. The Morgan fingerprint density at radius 2 is 2.33 bits per heavy atom. The molecule has 0 atom stereocenters. The lowest BCUT2D eigenvalue weighted by Gasteiger charge is -2.07. The third kappa shape index (κ3) is 3.40. The molecule has 0 radical (unpaired) electrons. The molecule has 1 heterocycles. The fraction of sp³-hybridized carbons (Fsp3) is 0.583. The summed E-state index contributed by atoms with van der Waals surface area (Å²) >= 11 is 0. The Morgan fingerprint density at radius 1 is 1.56 bits per heavy atom. The van der Waals surface area contributed by atoms with Crippen molar-refractivity contribution >= 4 is 5.91 Å². The molecule has 1 aliphatic rings. The fourth-order valence-corrected chi connectivity index (χ4v) is 1.71. The van der Waals surface area contributed by atoms with Crippen LogP contribution >= 0.6 is 0 Å². The molecule has 0 unspecified atom stereocenters. The van der Waals surface area contributed by atoms with Crippen molar-refractivity contribution in [2.45, 2.75) is 25.3 Å². The minimum Gasteiger partial charge on any atom is -0.375 e. The Labute approximate surface area is 105 Å². The van der Waals surface area contributed by atoms with E-state index in [4.69, 9.17) is 4.74 Å². The van der Waals surface area contributed by atoms with Crippen LogP contribution in [-0.2, 0) is 16.1 Å². The second-order valence-corrected chi connectivity index (χ2v) is 4.38. The molecule has 6 heteroatoms. The second kappa shape index (κ2) is 5.77. The van der Waals surface area contributed by atoms with Crippen LogP contribution in [-0.4, -0.2) is 35.9 Å². The summed E-state index contributed by atoms with van der Waals surface area (Å²) in [5.74, 6) is 0.323. The maximum Gasteiger partial charge on any atom is 0.266 e. The molecular formula is C12H17N3O3. The van der Waals surface area contributed by atoms with Gasteiger partial charge in [-0.05, 0) is 18.9 Å². The van der Waals surface area contributed by atoms with E-state index in [1.807, 2.05) is 0 Å². The summed E-state index contributed by atoms with van der Waals surface area (Å²) < 4.78 is 6.10. The molecule has 0 bridgehead atoms. The van der Waals surface area contributed by atoms with Crippen molar-refractivity contribution in [1.82, 2.24) is 15.1 Å². The van der Waals surface area contributed by atoms with Crippen LogP contribution in [0.15, 0.2) is 16.9 Å². The average molecular weight is 251 g/mol. The SMILES string of the molecule is COCC(=O)NCCn1nc(C2CC2)ccc1=O. The van der Waals surface area contributed by atoms with E-state index >= 15 is 0 Å². The van der Waals surface area contributed by atoms with Crippen molar-refractivity contribution in [2.75, 3.05) is 20.3 Å². The predicted molar refractivity (Wildman–Crippen MR) is 65.4 cm³/mol. The number of hydrogen-bond donors (Lipinski definition) is 1. The van der Waals surface area contributed by atoms with Gasteiger partial charge in [-0.1, -0.05) is 0 Å². The normalized spacial score (nSPS) is 14.5. The first-order valence-electron chi connectivity index (χ1n) is 6.04. The van der Waals surface area contributed by atoms with Gasteiger partial charge in [-0.25, -0.2) is 4.68 Å². The lowest BCUT2D eigenvalue weighted by atomic mass is 10.3. The highest BCUT2D eigenvalue weighted by Gasteiger charge is 2.25. The third-order valence-electron chi connectivity index (χ3n) is 2.80. The van der Waals surface area contributed by atoms with Crippen LogP contribution in [0.2, 0.25) is 0 Å². The molecular weight excluding hydrogens is 234 g/mol. The van der Waals surface area contributed by atoms with Gasteiger partial charge in [0.2, 0.25) is 5.91 Å². The van der Waals surface area contributed by atoms with Gasteiger partial charge in [-0.3, -0.25) is 9.59 Å². The molecule has 0 aromatic carbocycles. The standard InChI is InChI=1S/C12H17N3O3/c1-18-8-11(16)13-6-7-15-12(17)5-4-10(14-15)9-2-3-9/h4-5,9H,2-3,6-8H2,1H3,(H,13,16). The van der Waals surface area contributed by atoms with Gasteiger partial charge < -0.3 is 10.1 Å². The monoisotopic (exact) mass is 251 g/mol. The minimum absolute atomic E-state index is 0.0322. The van der Waals surface area contributed by atoms with Crippen LogP contribution in [0.5, 0.6) is 0 Å². The van der Waals surface area contributed by atoms with Crippen LogP contribution in [0, 0.1) is 0 Å². The van der Waals surface area contributed by atoms with Gasteiger partial charge in [-0.15, -0.1) is 0 Å². The molecule has 6 nitrogen and oxygen atoms in total. The Morgan fingerprint density at radius 3 is 3.00 bits per heavy atom. The van der Waals surface area contributed by atoms with Gasteiger partial charge in [0.15, 0.2) is 0 Å². The molecule has 2 rings (SSSR count). The summed E-state index contributed by atoms with van der Waals surface area (Å²) in [6.07, 6.45) is 2.30. The van der Waals surface area contributed by atoms with E-state index in [2.05, 4.69) is 10.4 Å². The Kier molecular flexibility index (Phi) is 4.09. The maximum absolute atomic E-state index is 11.6. The molecule has 1 aromatic rings. The zero-order valence-corrected chi connectivity index (χ0v) is 10.4. The topological polar surface area (TPSA) is 73.2 Å². The van der Waals surface area contributed by atoms with Crippen molar-refractivity contribution in [1.29, 1.82) is 0 Å². The lowest BCUT2D eigenvalue weighted by Crippen LogP contribution is -2.33. The summed E-state index contributed by atoms with van der Waals surface area (Å²) in [4.78, 5) is 22.7. The number of nitrogens with zero attached hydrogens (tertiary/aromatic N) is 2. The number of amides is 1. The highest BCUT2D eigenvalue weighted by Crippen LogP contribution is 2.38. The van der Waals surface area contributed by atoms with Crippen molar-refractivity contribution in [3.63, 3.8) is 0 Å². The number of aromatic nitrogens is 2. The van der Waals surface area contributed by atoms with Crippen LogP contribution < -0.4 is 10.9 Å². The van der Waals surface area contributed by atoms with Crippen LogP contribution in [0.1, 0.15) is 24.5 Å². The summed E-state index contributed by atoms with van der Waals surface area (Å²) in [7, 11) is 1.46. The molecule has 1 aromatic heterocycles. The molecule has 0 aliphatic heterocycles. The molecule has 0 spiro atoms. The number of hydrogen-bond acceptors (Lipinski definition) is 4. The van der Waals surface area contributed by atoms with Gasteiger partial charge in [-0.2, -0.15) is 5.10 Å². The maximum atomic E-state index is 11.6. The molecule has 1 fully saturated rings.